The standard InChI is InChI=1S/C6H11N2O3/c1-6(2)3-8(11)5(10)7(6)4-9/h9H,3-4H2,1-2H3/q+1. The number of nitroso groups, excluding NO2 is 1. The second-order valence-corrected chi connectivity index (χ2v) is 3.20. The number of urea groups is 1. The van der Waals surface area contributed by atoms with E-state index in [0.29, 0.717) is 4.76 Å². The zero-order valence-electron chi connectivity index (χ0n) is 6.57. The number of aliphatic hydroxyl groups is 1. The lowest BCUT2D eigenvalue weighted by atomic mass is 10.1. The van der Waals surface area contributed by atoms with Crippen LogP contribution in [0.15, 0.2) is 0 Å². The van der Waals surface area contributed by atoms with Crippen LogP contribution in [0, 0.1) is 4.91 Å². The Labute approximate surface area is 64.2 Å². The molecule has 1 fully saturated rings. The molecule has 0 spiro atoms. The molecular weight excluding hydrogens is 148 g/mol. The first kappa shape index (κ1) is 8.13. The van der Waals surface area contributed by atoms with Gasteiger partial charge < -0.3 is 5.11 Å². The monoisotopic (exact) mass is 159 g/mol. The molecule has 0 radical (unpaired) electrons. The van der Waals surface area contributed by atoms with Crippen molar-refractivity contribution in [3.8, 4) is 0 Å². The zero-order valence-corrected chi connectivity index (χ0v) is 6.57. The Hall–Kier alpha value is -0.970. The van der Waals surface area contributed by atoms with Crippen LogP contribution < -0.4 is 0 Å². The Morgan fingerprint density at radius 1 is 1.73 bits per heavy atom. The van der Waals surface area contributed by atoms with Crippen LogP contribution in [0.4, 0.5) is 4.79 Å². The molecule has 1 heterocycles. The average molecular weight is 159 g/mol. The van der Waals surface area contributed by atoms with E-state index in [2.05, 4.69) is 0 Å². The Morgan fingerprint density at radius 3 is 2.45 bits per heavy atom. The molecule has 0 saturated carbocycles. The van der Waals surface area contributed by atoms with Crippen LogP contribution in [-0.2, 0) is 0 Å². The summed E-state index contributed by atoms with van der Waals surface area (Å²) in [6, 6.07) is -0.655. The molecule has 0 aromatic heterocycles. The number of carbonyl (C=O) groups is 1. The smallest absolute Gasteiger partial charge is 0.358 e. The summed E-state index contributed by atoms with van der Waals surface area (Å²) in [7, 11) is 0. The fraction of sp³-hybridized carbons (Fsp3) is 0.833. The minimum atomic E-state index is -0.655. The molecule has 5 nitrogen and oxygen atoms in total. The highest BCUT2D eigenvalue weighted by atomic mass is 16.3. The first-order chi connectivity index (χ1) is 4.99. The van der Waals surface area contributed by atoms with Crippen LogP contribution in [0.25, 0.3) is 0 Å². The second-order valence-electron chi connectivity index (χ2n) is 3.20. The van der Waals surface area contributed by atoms with Gasteiger partial charge in [0.05, 0.1) is 0 Å². The maximum absolute atomic E-state index is 10.9. The molecule has 0 aliphatic carbocycles. The summed E-state index contributed by atoms with van der Waals surface area (Å²) in [4.78, 5) is 22.8. The summed E-state index contributed by atoms with van der Waals surface area (Å²) in [5, 5.41) is 8.73. The maximum Gasteiger partial charge on any atom is 0.534 e. The van der Waals surface area contributed by atoms with Crippen molar-refractivity contribution < 1.29 is 14.7 Å². The lowest BCUT2D eigenvalue weighted by molar-refractivity contribution is -0.439. The van der Waals surface area contributed by atoms with Gasteiger partial charge in [0.15, 0.2) is 13.3 Å². The molecule has 0 atom stereocenters. The molecule has 0 aromatic rings. The highest BCUT2D eigenvalue weighted by Gasteiger charge is 2.52. The molecule has 1 saturated heterocycles. The summed E-state index contributed by atoms with van der Waals surface area (Å²) < 4.78 is 0.357. The molecule has 62 valence electrons. The van der Waals surface area contributed by atoms with E-state index in [1.54, 1.807) is 13.8 Å². The second kappa shape index (κ2) is 2.27. The highest BCUT2D eigenvalue weighted by molar-refractivity contribution is 5.68. The third-order valence-electron chi connectivity index (χ3n) is 1.85. The summed E-state index contributed by atoms with van der Waals surface area (Å²) in [5.41, 5.74) is -0.548. The first-order valence-electron chi connectivity index (χ1n) is 3.36. The summed E-state index contributed by atoms with van der Waals surface area (Å²) in [6.45, 7) is 3.19. The van der Waals surface area contributed by atoms with Gasteiger partial charge in [-0.1, -0.05) is 4.91 Å². The van der Waals surface area contributed by atoms with E-state index in [1.807, 2.05) is 0 Å². The van der Waals surface area contributed by atoms with E-state index in [1.165, 1.54) is 0 Å². The van der Waals surface area contributed by atoms with Crippen LogP contribution >= 0.6 is 0 Å². The fourth-order valence-corrected chi connectivity index (χ4v) is 1.15. The summed E-state index contributed by atoms with van der Waals surface area (Å²) in [6.07, 6.45) is 0. The van der Waals surface area contributed by atoms with Crippen LogP contribution in [0.3, 0.4) is 0 Å². The minimum absolute atomic E-state index is 0.117. The number of hydrogen-bond acceptors (Lipinski definition) is 3. The molecular formula is C6H11N2O3+. The average Bonchev–Trinajstić information content (AvgIpc) is 2.03. The molecule has 1 aliphatic rings. The Morgan fingerprint density at radius 2 is 2.27 bits per heavy atom. The zero-order chi connectivity index (χ0) is 8.65. The number of hydrogen-bond donors (Lipinski definition) is 1. The molecule has 11 heavy (non-hydrogen) atoms. The van der Waals surface area contributed by atoms with Crippen molar-refractivity contribution in [2.45, 2.75) is 19.4 Å². The number of rotatable bonds is 1. The molecule has 1 aliphatic heterocycles. The number of carbonyl (C=O) groups excluding carboxylic acids is 1. The lowest BCUT2D eigenvalue weighted by Crippen LogP contribution is -2.42. The van der Waals surface area contributed by atoms with Gasteiger partial charge in [-0.25, -0.2) is 0 Å². The molecule has 0 bridgehead atoms. The molecule has 1 N–H and O–H groups in total. The van der Waals surface area contributed by atoms with Gasteiger partial charge >= 0.3 is 6.03 Å². The molecule has 5 heteroatoms. The van der Waals surface area contributed by atoms with E-state index in [4.69, 9.17) is 5.11 Å². The normalized spacial score (nSPS) is 23.0. The van der Waals surface area contributed by atoms with Gasteiger partial charge in [-0.2, -0.15) is 9.69 Å². The lowest BCUT2D eigenvalue weighted by Gasteiger charge is -2.17. The van der Waals surface area contributed by atoms with E-state index in [0.717, 1.165) is 4.90 Å². The van der Waals surface area contributed by atoms with Gasteiger partial charge in [0.25, 0.3) is 0 Å². The Balaban J connectivity index is 2.91. The number of nitrogens with zero attached hydrogens (tertiary/aromatic N) is 2. The van der Waals surface area contributed by atoms with E-state index in [-0.39, 0.29) is 6.54 Å². The topological polar surface area (TPSA) is 60.6 Å². The van der Waals surface area contributed by atoms with Crippen LogP contribution in [0.5, 0.6) is 0 Å². The molecule has 1 rings (SSSR count). The number of amides is 2. The quantitative estimate of drug-likeness (QED) is 0.545. The number of aliphatic hydroxyl groups excluding tert-OH is 1. The van der Waals surface area contributed by atoms with E-state index in [9.17, 15) is 9.70 Å². The van der Waals surface area contributed by atoms with E-state index >= 15 is 0 Å². The first-order valence-corrected chi connectivity index (χ1v) is 3.36. The van der Waals surface area contributed by atoms with Gasteiger partial charge in [0, 0.05) is 4.76 Å². The van der Waals surface area contributed by atoms with Crippen molar-refractivity contribution in [2.75, 3.05) is 13.3 Å². The molecule has 2 amide bonds. The van der Waals surface area contributed by atoms with Gasteiger partial charge in [-0.15, -0.1) is 0 Å². The van der Waals surface area contributed by atoms with Crippen molar-refractivity contribution >= 4 is 6.03 Å². The SMILES string of the molecule is CC1(C)C[N+](=O)C(=O)N1CO. The van der Waals surface area contributed by atoms with Gasteiger partial charge in [0.1, 0.15) is 5.54 Å². The predicted molar refractivity (Wildman–Crippen MR) is 36.9 cm³/mol. The summed E-state index contributed by atoms with van der Waals surface area (Å²) >= 11 is 0. The fourth-order valence-electron chi connectivity index (χ4n) is 1.15. The summed E-state index contributed by atoms with van der Waals surface area (Å²) in [5.74, 6) is 0. The molecule has 0 aromatic carbocycles. The van der Waals surface area contributed by atoms with Gasteiger partial charge in [-0.3, -0.25) is 0 Å². The van der Waals surface area contributed by atoms with Crippen LogP contribution in [0.2, 0.25) is 0 Å². The van der Waals surface area contributed by atoms with Crippen molar-refractivity contribution in [1.82, 2.24) is 4.90 Å². The van der Waals surface area contributed by atoms with Crippen molar-refractivity contribution in [2.24, 2.45) is 0 Å². The Kier molecular flexibility index (Phi) is 1.67. The van der Waals surface area contributed by atoms with E-state index < -0.39 is 18.3 Å². The van der Waals surface area contributed by atoms with Gasteiger partial charge in [-0.05, 0) is 13.8 Å². The minimum Gasteiger partial charge on any atom is -0.358 e. The Bertz CT molecular complexity index is 212. The van der Waals surface area contributed by atoms with Gasteiger partial charge in [0.2, 0.25) is 0 Å². The van der Waals surface area contributed by atoms with Crippen molar-refractivity contribution in [3.63, 3.8) is 0 Å². The predicted octanol–water partition coefficient (Wildman–Crippen LogP) is -0.0707. The largest absolute Gasteiger partial charge is 0.534 e. The van der Waals surface area contributed by atoms with Crippen molar-refractivity contribution in [1.29, 1.82) is 0 Å². The highest BCUT2D eigenvalue weighted by Crippen LogP contribution is 2.21. The molecule has 0 unspecified atom stereocenters. The van der Waals surface area contributed by atoms with Crippen LogP contribution in [0.1, 0.15) is 13.8 Å². The van der Waals surface area contributed by atoms with Crippen LogP contribution in [-0.4, -0.2) is 39.6 Å². The maximum atomic E-state index is 10.9. The van der Waals surface area contributed by atoms with Crippen molar-refractivity contribution in [3.05, 3.63) is 4.91 Å². The third-order valence-corrected chi connectivity index (χ3v) is 1.85. The third kappa shape index (κ3) is 1.11.